The number of amides is 1. The third kappa shape index (κ3) is 4.44. The molecule has 1 aromatic rings. The second kappa shape index (κ2) is 6.27. The van der Waals surface area contributed by atoms with Crippen molar-refractivity contribution < 1.29 is 9.00 Å². The van der Waals surface area contributed by atoms with Crippen molar-refractivity contribution in [3.05, 3.63) is 24.3 Å². The molecule has 1 rings (SSSR count). The molecular formula is C11H16N2O2S. The van der Waals surface area contributed by atoms with Crippen LogP contribution in [0.5, 0.6) is 0 Å². The van der Waals surface area contributed by atoms with Crippen LogP contribution >= 0.6 is 0 Å². The van der Waals surface area contributed by atoms with E-state index in [1.807, 2.05) is 6.92 Å². The molecule has 0 fully saturated rings. The van der Waals surface area contributed by atoms with Crippen LogP contribution in [0, 0.1) is 0 Å². The van der Waals surface area contributed by atoms with Crippen LogP contribution in [-0.4, -0.2) is 21.6 Å². The molecular weight excluding hydrogens is 224 g/mol. The first-order valence-corrected chi connectivity index (χ1v) is 6.61. The van der Waals surface area contributed by atoms with Crippen LogP contribution in [-0.2, 0) is 15.6 Å². The quantitative estimate of drug-likeness (QED) is 0.763. The largest absolute Gasteiger partial charge is 0.399 e. The summed E-state index contributed by atoms with van der Waals surface area (Å²) >= 11 is 0. The number of nitrogen functional groups attached to an aromatic ring is 1. The van der Waals surface area contributed by atoms with Gasteiger partial charge in [-0.2, -0.15) is 0 Å². The van der Waals surface area contributed by atoms with Crippen molar-refractivity contribution in [2.75, 3.05) is 22.6 Å². The van der Waals surface area contributed by atoms with Crippen LogP contribution in [0.15, 0.2) is 24.3 Å². The highest BCUT2D eigenvalue weighted by Crippen LogP contribution is 2.11. The summed E-state index contributed by atoms with van der Waals surface area (Å²) in [6.45, 7) is 1.94. The summed E-state index contributed by atoms with van der Waals surface area (Å²) in [7, 11) is -1.07. The molecule has 1 aromatic carbocycles. The lowest BCUT2D eigenvalue weighted by Crippen LogP contribution is -2.20. The third-order valence-electron chi connectivity index (χ3n) is 1.89. The molecule has 5 heteroatoms. The van der Waals surface area contributed by atoms with E-state index in [2.05, 4.69) is 5.32 Å². The maximum atomic E-state index is 11.5. The number of nitrogens with one attached hydrogen (secondary N) is 1. The number of hydrogen-bond acceptors (Lipinski definition) is 3. The molecule has 0 spiro atoms. The molecule has 1 atom stereocenters. The number of nitrogens with two attached hydrogens (primary N) is 1. The molecule has 0 aliphatic heterocycles. The van der Waals surface area contributed by atoms with Gasteiger partial charge in [-0.1, -0.05) is 13.0 Å². The minimum Gasteiger partial charge on any atom is -0.399 e. The minimum atomic E-state index is -1.07. The predicted octanol–water partition coefficient (Wildman–Crippen LogP) is 1.37. The summed E-state index contributed by atoms with van der Waals surface area (Å²) < 4.78 is 11.3. The molecule has 0 aliphatic carbocycles. The molecule has 0 bridgehead atoms. The Kier molecular flexibility index (Phi) is 4.98. The summed E-state index contributed by atoms with van der Waals surface area (Å²) in [5.41, 5.74) is 6.80. The number of carbonyl (C=O) groups excluding carboxylic acids is 1. The molecule has 0 radical (unpaired) electrons. The molecule has 1 amide bonds. The van der Waals surface area contributed by atoms with Gasteiger partial charge in [-0.3, -0.25) is 9.00 Å². The van der Waals surface area contributed by atoms with Gasteiger partial charge in [0, 0.05) is 27.9 Å². The maximum Gasteiger partial charge on any atom is 0.236 e. The Hall–Kier alpha value is -1.36. The summed E-state index contributed by atoms with van der Waals surface area (Å²) in [5.74, 6) is 0.366. The summed E-state index contributed by atoms with van der Waals surface area (Å²) in [6, 6.07) is 6.91. The average Bonchev–Trinajstić information content (AvgIpc) is 2.17. The van der Waals surface area contributed by atoms with E-state index in [4.69, 9.17) is 5.73 Å². The highest BCUT2D eigenvalue weighted by Gasteiger charge is 2.07. The Balaban J connectivity index is 2.48. The van der Waals surface area contributed by atoms with E-state index in [9.17, 15) is 9.00 Å². The van der Waals surface area contributed by atoms with Gasteiger partial charge in [-0.15, -0.1) is 0 Å². The van der Waals surface area contributed by atoms with E-state index in [0.29, 0.717) is 17.1 Å². The van der Waals surface area contributed by atoms with Crippen molar-refractivity contribution in [3.8, 4) is 0 Å². The Morgan fingerprint density at radius 1 is 1.50 bits per heavy atom. The van der Waals surface area contributed by atoms with Crippen molar-refractivity contribution in [2.45, 2.75) is 13.3 Å². The summed E-state index contributed by atoms with van der Waals surface area (Å²) in [5, 5.41) is 2.66. The monoisotopic (exact) mass is 240 g/mol. The zero-order chi connectivity index (χ0) is 12.0. The van der Waals surface area contributed by atoms with Crippen molar-refractivity contribution in [2.24, 2.45) is 0 Å². The number of benzene rings is 1. The normalized spacial score (nSPS) is 12.1. The molecule has 0 aliphatic rings. The SMILES string of the molecule is CCCS(=O)CC(=O)Nc1cccc(N)c1. The van der Waals surface area contributed by atoms with Gasteiger partial charge >= 0.3 is 0 Å². The van der Waals surface area contributed by atoms with Crippen molar-refractivity contribution in [1.29, 1.82) is 0 Å². The first-order valence-electron chi connectivity index (χ1n) is 5.12. The van der Waals surface area contributed by atoms with E-state index >= 15 is 0 Å². The predicted molar refractivity (Wildman–Crippen MR) is 67.7 cm³/mol. The van der Waals surface area contributed by atoms with Gasteiger partial charge in [-0.05, 0) is 24.6 Å². The van der Waals surface area contributed by atoms with Gasteiger partial charge in [0.15, 0.2) is 0 Å². The van der Waals surface area contributed by atoms with Gasteiger partial charge in [0.2, 0.25) is 5.91 Å². The molecule has 16 heavy (non-hydrogen) atoms. The van der Waals surface area contributed by atoms with Crippen LogP contribution in [0.25, 0.3) is 0 Å². The zero-order valence-electron chi connectivity index (χ0n) is 9.23. The number of rotatable bonds is 5. The fraction of sp³-hybridized carbons (Fsp3) is 0.364. The van der Waals surface area contributed by atoms with Crippen molar-refractivity contribution >= 4 is 28.1 Å². The van der Waals surface area contributed by atoms with Crippen molar-refractivity contribution in [3.63, 3.8) is 0 Å². The first-order chi connectivity index (χ1) is 7.61. The smallest absolute Gasteiger partial charge is 0.236 e. The second-order valence-corrected chi connectivity index (χ2v) is 5.04. The highest BCUT2D eigenvalue weighted by molar-refractivity contribution is 7.85. The molecule has 0 heterocycles. The standard InChI is InChI=1S/C11H16N2O2S/c1-2-6-16(15)8-11(14)13-10-5-3-4-9(12)7-10/h3-5,7H,2,6,8,12H2,1H3,(H,13,14). The van der Waals surface area contributed by atoms with Gasteiger partial charge in [0.1, 0.15) is 5.75 Å². The summed E-state index contributed by atoms with van der Waals surface area (Å²) in [4.78, 5) is 11.5. The lowest BCUT2D eigenvalue weighted by molar-refractivity contribution is -0.113. The lowest BCUT2D eigenvalue weighted by atomic mass is 10.3. The fourth-order valence-corrected chi connectivity index (χ4v) is 2.22. The van der Waals surface area contributed by atoms with E-state index in [1.54, 1.807) is 24.3 Å². The zero-order valence-corrected chi connectivity index (χ0v) is 10.0. The third-order valence-corrected chi connectivity index (χ3v) is 3.34. The number of carbonyl (C=O) groups is 1. The fourth-order valence-electron chi connectivity index (χ4n) is 1.26. The molecule has 0 saturated heterocycles. The molecule has 88 valence electrons. The minimum absolute atomic E-state index is 0.0443. The second-order valence-electron chi connectivity index (χ2n) is 3.46. The Bertz CT molecular complexity index is 393. The Morgan fingerprint density at radius 3 is 2.88 bits per heavy atom. The van der Waals surface area contributed by atoms with Gasteiger partial charge in [-0.25, -0.2) is 0 Å². The van der Waals surface area contributed by atoms with Crippen LogP contribution in [0.1, 0.15) is 13.3 Å². The molecule has 0 aromatic heterocycles. The lowest BCUT2D eigenvalue weighted by Gasteiger charge is -2.05. The highest BCUT2D eigenvalue weighted by atomic mass is 32.2. The number of hydrogen-bond donors (Lipinski definition) is 2. The van der Waals surface area contributed by atoms with Crippen LogP contribution in [0.3, 0.4) is 0 Å². The van der Waals surface area contributed by atoms with E-state index in [0.717, 1.165) is 6.42 Å². The van der Waals surface area contributed by atoms with E-state index in [-0.39, 0.29) is 11.7 Å². The Morgan fingerprint density at radius 2 is 2.25 bits per heavy atom. The molecule has 4 nitrogen and oxygen atoms in total. The Labute approximate surface area is 97.7 Å². The average molecular weight is 240 g/mol. The molecule has 3 N–H and O–H groups in total. The van der Waals surface area contributed by atoms with Crippen LogP contribution in [0.2, 0.25) is 0 Å². The van der Waals surface area contributed by atoms with Crippen LogP contribution < -0.4 is 11.1 Å². The van der Waals surface area contributed by atoms with Crippen LogP contribution in [0.4, 0.5) is 11.4 Å². The van der Waals surface area contributed by atoms with Gasteiger partial charge < -0.3 is 11.1 Å². The molecule has 1 unspecified atom stereocenters. The topological polar surface area (TPSA) is 72.2 Å². The molecule has 0 saturated carbocycles. The van der Waals surface area contributed by atoms with Gasteiger partial charge in [0.05, 0.1) is 0 Å². The van der Waals surface area contributed by atoms with E-state index < -0.39 is 10.8 Å². The number of anilines is 2. The first kappa shape index (κ1) is 12.7. The maximum absolute atomic E-state index is 11.5. The van der Waals surface area contributed by atoms with E-state index in [1.165, 1.54) is 0 Å². The summed E-state index contributed by atoms with van der Waals surface area (Å²) in [6.07, 6.45) is 0.818. The van der Waals surface area contributed by atoms with Crippen molar-refractivity contribution in [1.82, 2.24) is 0 Å². The van der Waals surface area contributed by atoms with Gasteiger partial charge in [0.25, 0.3) is 0 Å².